The molecule has 3 aliphatic rings. The summed E-state index contributed by atoms with van der Waals surface area (Å²) >= 11 is 0. The first-order valence-corrected chi connectivity index (χ1v) is 10.7. The van der Waals surface area contributed by atoms with E-state index in [0.29, 0.717) is 29.5 Å². The molecule has 0 amide bonds. The van der Waals surface area contributed by atoms with Gasteiger partial charge < -0.3 is 9.63 Å². The molecule has 1 aromatic carbocycles. The van der Waals surface area contributed by atoms with Crippen LogP contribution in [0.4, 0.5) is 0 Å². The summed E-state index contributed by atoms with van der Waals surface area (Å²) in [7, 11) is -3.64. The topological polar surface area (TPSA) is 96.5 Å². The molecule has 1 saturated heterocycles. The molecule has 1 atom stereocenters. The number of aromatic nitrogens is 2. The minimum Gasteiger partial charge on any atom is -0.379 e. The number of hydrogen-bond donors (Lipinski definition) is 1. The molecule has 27 heavy (non-hydrogen) atoms. The number of aryl methyl sites for hydroxylation is 1. The second-order valence-electron chi connectivity index (χ2n) is 7.66. The van der Waals surface area contributed by atoms with E-state index in [2.05, 4.69) is 10.1 Å². The lowest BCUT2D eigenvalue weighted by Gasteiger charge is -2.23. The molecule has 1 unspecified atom stereocenters. The number of nitrogens with zero attached hydrogens (tertiary/aromatic N) is 3. The SMILES string of the molecule is O=S(=O)(C1=Cc2ccccc2CC1)N1CCC(O)(c2nc(C3CC3)no2)C1. The van der Waals surface area contributed by atoms with Crippen LogP contribution in [0.3, 0.4) is 0 Å². The van der Waals surface area contributed by atoms with E-state index in [4.69, 9.17) is 4.52 Å². The van der Waals surface area contributed by atoms with Crippen molar-refractivity contribution in [2.75, 3.05) is 13.1 Å². The first-order valence-electron chi connectivity index (χ1n) is 9.31. The Kier molecular flexibility index (Phi) is 3.79. The lowest BCUT2D eigenvalue weighted by molar-refractivity contribution is 0.0194. The second kappa shape index (κ2) is 5.98. The first-order chi connectivity index (χ1) is 13.0. The zero-order chi connectivity index (χ0) is 18.6. The van der Waals surface area contributed by atoms with Crippen LogP contribution in [0.1, 0.15) is 54.4 Å². The van der Waals surface area contributed by atoms with Crippen molar-refractivity contribution in [3.8, 4) is 0 Å². The van der Waals surface area contributed by atoms with Gasteiger partial charge in [0.15, 0.2) is 11.4 Å². The molecule has 2 aromatic rings. The zero-order valence-electron chi connectivity index (χ0n) is 14.8. The highest BCUT2D eigenvalue weighted by Gasteiger charge is 2.47. The number of β-amino-alcohol motifs (C(OH)–C–C–N with tert-alkyl or cyclic N) is 1. The van der Waals surface area contributed by atoms with Gasteiger partial charge in [-0.1, -0.05) is 29.4 Å². The average Bonchev–Trinajstić information content (AvgIpc) is 3.24. The van der Waals surface area contributed by atoms with Crippen LogP contribution in [-0.2, 0) is 22.0 Å². The number of benzene rings is 1. The Balaban J connectivity index is 1.39. The summed E-state index contributed by atoms with van der Waals surface area (Å²) in [6.45, 7) is 0.180. The van der Waals surface area contributed by atoms with Crippen molar-refractivity contribution >= 4 is 16.1 Å². The van der Waals surface area contributed by atoms with Gasteiger partial charge in [-0.05, 0) is 42.9 Å². The summed E-state index contributed by atoms with van der Waals surface area (Å²) in [5, 5.41) is 14.9. The van der Waals surface area contributed by atoms with Gasteiger partial charge in [0.1, 0.15) is 0 Å². The molecule has 1 saturated carbocycles. The zero-order valence-corrected chi connectivity index (χ0v) is 15.7. The highest BCUT2D eigenvalue weighted by Crippen LogP contribution is 2.41. The van der Waals surface area contributed by atoms with Crippen LogP contribution in [-0.4, -0.2) is 41.1 Å². The number of hydrogen-bond acceptors (Lipinski definition) is 6. The maximum Gasteiger partial charge on any atom is 0.260 e. The summed E-state index contributed by atoms with van der Waals surface area (Å²) in [5.41, 5.74) is 0.691. The highest BCUT2D eigenvalue weighted by molar-refractivity contribution is 7.93. The summed E-state index contributed by atoms with van der Waals surface area (Å²) < 4.78 is 32.8. The summed E-state index contributed by atoms with van der Waals surface area (Å²) in [6, 6.07) is 7.83. The fourth-order valence-corrected chi connectivity index (χ4v) is 5.53. The molecule has 2 fully saturated rings. The van der Waals surface area contributed by atoms with Crippen molar-refractivity contribution in [1.82, 2.24) is 14.4 Å². The van der Waals surface area contributed by atoms with Gasteiger partial charge in [0, 0.05) is 18.9 Å². The Morgan fingerprint density at radius 1 is 1.22 bits per heavy atom. The monoisotopic (exact) mass is 387 g/mol. The normalized spacial score (nSPS) is 26.0. The molecule has 8 heteroatoms. The van der Waals surface area contributed by atoms with Crippen LogP contribution in [0.25, 0.3) is 6.08 Å². The van der Waals surface area contributed by atoms with Crippen LogP contribution < -0.4 is 0 Å². The quantitative estimate of drug-likeness (QED) is 0.864. The van der Waals surface area contributed by atoms with Gasteiger partial charge in [-0.3, -0.25) is 0 Å². The van der Waals surface area contributed by atoms with Gasteiger partial charge in [-0.15, -0.1) is 0 Å². The molecular formula is C19H21N3O4S. The van der Waals surface area contributed by atoms with Crippen LogP contribution >= 0.6 is 0 Å². The number of allylic oxidation sites excluding steroid dienone is 1. The van der Waals surface area contributed by atoms with Crippen molar-refractivity contribution < 1.29 is 18.0 Å². The van der Waals surface area contributed by atoms with Crippen LogP contribution in [0.2, 0.25) is 0 Å². The summed E-state index contributed by atoms with van der Waals surface area (Å²) in [5.74, 6) is 1.07. The number of aliphatic hydroxyl groups is 1. The maximum atomic E-state index is 13.1. The standard InChI is InChI=1S/C19H21N3O4S/c23-19(18-20-17(21-26-18)14-5-6-14)9-10-22(12-19)27(24,25)16-8-7-13-3-1-2-4-15(13)11-16/h1-4,11,14,23H,5-10,12H2. The Labute approximate surface area is 157 Å². The Morgan fingerprint density at radius 3 is 2.85 bits per heavy atom. The Hall–Kier alpha value is -2.03. The Bertz CT molecular complexity index is 1030. The van der Waals surface area contributed by atoms with E-state index in [-0.39, 0.29) is 25.4 Å². The molecule has 142 valence electrons. The lowest BCUT2D eigenvalue weighted by atomic mass is 9.98. The van der Waals surface area contributed by atoms with E-state index in [1.807, 2.05) is 24.3 Å². The largest absolute Gasteiger partial charge is 0.379 e. The minimum absolute atomic E-state index is 0.0549. The molecule has 0 spiro atoms. The van der Waals surface area contributed by atoms with Crippen molar-refractivity contribution in [1.29, 1.82) is 0 Å². The smallest absolute Gasteiger partial charge is 0.260 e. The third-order valence-electron chi connectivity index (χ3n) is 5.68. The predicted molar refractivity (Wildman–Crippen MR) is 98.0 cm³/mol. The van der Waals surface area contributed by atoms with Crippen LogP contribution in [0.5, 0.6) is 0 Å². The van der Waals surface area contributed by atoms with Crippen molar-refractivity contribution in [2.24, 2.45) is 0 Å². The summed E-state index contributed by atoms with van der Waals surface area (Å²) in [4.78, 5) is 4.72. The second-order valence-corrected chi connectivity index (χ2v) is 9.65. The molecule has 0 radical (unpaired) electrons. The van der Waals surface area contributed by atoms with Gasteiger partial charge in [0.25, 0.3) is 5.89 Å². The predicted octanol–water partition coefficient (Wildman–Crippen LogP) is 2.16. The molecule has 7 nitrogen and oxygen atoms in total. The van der Waals surface area contributed by atoms with Crippen LogP contribution in [0, 0.1) is 0 Å². The average molecular weight is 387 g/mol. The molecule has 1 N–H and O–H groups in total. The highest BCUT2D eigenvalue weighted by atomic mass is 32.2. The van der Waals surface area contributed by atoms with Crippen molar-refractivity contribution in [2.45, 2.75) is 43.6 Å². The van der Waals surface area contributed by atoms with Gasteiger partial charge in [-0.25, -0.2) is 8.42 Å². The van der Waals surface area contributed by atoms with Crippen molar-refractivity contribution in [3.05, 3.63) is 52.0 Å². The van der Waals surface area contributed by atoms with E-state index in [1.54, 1.807) is 6.08 Å². The van der Waals surface area contributed by atoms with E-state index in [0.717, 1.165) is 24.0 Å². The minimum atomic E-state index is -3.64. The molecule has 2 heterocycles. The van der Waals surface area contributed by atoms with Gasteiger partial charge in [0.05, 0.1) is 11.4 Å². The van der Waals surface area contributed by atoms with E-state index < -0.39 is 15.6 Å². The fraction of sp³-hybridized carbons (Fsp3) is 0.474. The summed E-state index contributed by atoms with van der Waals surface area (Å²) in [6.07, 6.45) is 5.25. The molecular weight excluding hydrogens is 366 g/mol. The molecule has 0 bridgehead atoms. The molecule has 5 rings (SSSR count). The van der Waals surface area contributed by atoms with E-state index in [1.165, 1.54) is 4.31 Å². The fourth-order valence-electron chi connectivity index (χ4n) is 3.85. The third-order valence-corrected chi connectivity index (χ3v) is 7.65. The van der Waals surface area contributed by atoms with Gasteiger partial charge in [-0.2, -0.15) is 9.29 Å². The lowest BCUT2D eigenvalue weighted by Crippen LogP contribution is -2.35. The number of sulfonamides is 1. The molecule has 2 aliphatic carbocycles. The van der Waals surface area contributed by atoms with Gasteiger partial charge >= 0.3 is 0 Å². The van der Waals surface area contributed by atoms with Crippen LogP contribution in [0.15, 0.2) is 33.7 Å². The number of rotatable bonds is 4. The molecule has 1 aliphatic heterocycles. The van der Waals surface area contributed by atoms with Crippen molar-refractivity contribution in [3.63, 3.8) is 0 Å². The van der Waals surface area contributed by atoms with Gasteiger partial charge in [0.2, 0.25) is 10.0 Å². The maximum absolute atomic E-state index is 13.1. The number of fused-ring (bicyclic) bond motifs is 1. The van der Waals surface area contributed by atoms with E-state index >= 15 is 0 Å². The van der Waals surface area contributed by atoms with E-state index in [9.17, 15) is 13.5 Å². The molecule has 1 aromatic heterocycles. The first kappa shape index (κ1) is 17.1. The Morgan fingerprint density at radius 2 is 2.04 bits per heavy atom. The third kappa shape index (κ3) is 2.92.